The van der Waals surface area contributed by atoms with Gasteiger partial charge in [-0.25, -0.2) is 4.79 Å². The molecule has 6 nitrogen and oxygen atoms in total. The number of nitrogens with one attached hydrogen (secondary N) is 1. The summed E-state index contributed by atoms with van der Waals surface area (Å²) in [5, 5.41) is 2.48. The molecule has 0 heterocycles. The van der Waals surface area contributed by atoms with Crippen LogP contribution in [-0.4, -0.2) is 37.4 Å². The first kappa shape index (κ1) is 17.7. The lowest BCUT2D eigenvalue weighted by Crippen LogP contribution is -2.39. The normalized spacial score (nSPS) is 11.4. The van der Waals surface area contributed by atoms with Crippen molar-refractivity contribution in [1.82, 2.24) is 5.32 Å². The highest BCUT2D eigenvalue weighted by Crippen LogP contribution is 2.14. The van der Waals surface area contributed by atoms with Crippen molar-refractivity contribution in [3.05, 3.63) is 29.8 Å². The molecule has 1 amide bonds. The lowest BCUT2D eigenvalue weighted by Gasteiger charge is -2.11. The second-order valence-corrected chi connectivity index (χ2v) is 4.69. The van der Waals surface area contributed by atoms with E-state index in [9.17, 15) is 14.4 Å². The molecule has 0 radical (unpaired) electrons. The maximum absolute atomic E-state index is 12.0. The van der Waals surface area contributed by atoms with E-state index >= 15 is 0 Å². The third kappa shape index (κ3) is 5.55. The van der Waals surface area contributed by atoms with Crippen molar-refractivity contribution in [3.63, 3.8) is 0 Å². The van der Waals surface area contributed by atoms with Crippen LogP contribution in [0.25, 0.3) is 0 Å². The molecule has 1 rings (SSSR count). The molecule has 0 aromatic heterocycles. The maximum Gasteiger partial charge on any atom is 0.328 e. The van der Waals surface area contributed by atoms with Gasteiger partial charge in [-0.2, -0.15) is 0 Å². The summed E-state index contributed by atoms with van der Waals surface area (Å²) < 4.78 is 9.80. The van der Waals surface area contributed by atoms with Gasteiger partial charge in [0.05, 0.1) is 13.7 Å². The van der Waals surface area contributed by atoms with Crippen LogP contribution in [0.3, 0.4) is 0 Å². The van der Waals surface area contributed by atoms with Crippen molar-refractivity contribution in [3.8, 4) is 5.75 Å². The average molecular weight is 307 g/mol. The summed E-state index contributed by atoms with van der Waals surface area (Å²) in [6.45, 7) is 3.97. The molecular weight excluding hydrogens is 286 g/mol. The third-order valence-corrected chi connectivity index (χ3v) is 3.00. The van der Waals surface area contributed by atoms with Crippen LogP contribution in [-0.2, 0) is 14.3 Å². The Balaban J connectivity index is 2.45. The predicted octanol–water partition coefficient (Wildman–Crippen LogP) is 1.73. The van der Waals surface area contributed by atoms with Crippen LogP contribution >= 0.6 is 0 Å². The first-order valence-electron chi connectivity index (χ1n) is 7.11. The molecule has 0 aliphatic carbocycles. The molecule has 6 heteroatoms. The zero-order chi connectivity index (χ0) is 16.5. The van der Waals surface area contributed by atoms with Crippen LogP contribution in [0.1, 0.15) is 37.0 Å². The van der Waals surface area contributed by atoms with Crippen molar-refractivity contribution in [2.24, 2.45) is 0 Å². The second kappa shape index (κ2) is 8.81. The van der Waals surface area contributed by atoms with Crippen molar-refractivity contribution >= 4 is 17.7 Å². The van der Waals surface area contributed by atoms with Crippen LogP contribution in [0, 0.1) is 0 Å². The van der Waals surface area contributed by atoms with E-state index in [1.165, 1.54) is 14.0 Å². The summed E-state index contributed by atoms with van der Waals surface area (Å²) in [6.07, 6.45) is 0.0983. The van der Waals surface area contributed by atoms with Crippen LogP contribution in [0.5, 0.6) is 5.75 Å². The number of benzene rings is 1. The summed E-state index contributed by atoms with van der Waals surface area (Å²) in [5.74, 6) is -0.323. The minimum absolute atomic E-state index is 0.0212. The minimum atomic E-state index is -0.724. The number of carbonyl (C=O) groups is 3. The van der Waals surface area contributed by atoms with E-state index in [0.29, 0.717) is 17.9 Å². The highest BCUT2D eigenvalue weighted by Gasteiger charge is 2.16. The number of esters is 1. The quantitative estimate of drug-likeness (QED) is 0.584. The second-order valence-electron chi connectivity index (χ2n) is 4.69. The molecule has 1 N–H and O–H groups in total. The van der Waals surface area contributed by atoms with E-state index in [1.54, 1.807) is 24.3 Å². The maximum atomic E-state index is 12.0. The molecule has 0 fully saturated rings. The molecule has 0 unspecified atom stereocenters. The van der Waals surface area contributed by atoms with E-state index < -0.39 is 12.0 Å². The Hall–Kier alpha value is -2.37. The van der Waals surface area contributed by atoms with Crippen LogP contribution < -0.4 is 10.1 Å². The van der Waals surface area contributed by atoms with E-state index in [-0.39, 0.29) is 24.5 Å². The Morgan fingerprint density at radius 1 is 1.14 bits per heavy atom. The van der Waals surface area contributed by atoms with E-state index in [4.69, 9.17) is 4.74 Å². The highest BCUT2D eigenvalue weighted by molar-refractivity contribution is 5.98. The summed E-state index contributed by atoms with van der Waals surface area (Å²) >= 11 is 0. The molecule has 0 aliphatic rings. The fourth-order valence-corrected chi connectivity index (χ4v) is 1.82. The molecule has 1 aromatic rings. The minimum Gasteiger partial charge on any atom is -0.494 e. The van der Waals surface area contributed by atoms with Crippen molar-refractivity contribution in [1.29, 1.82) is 0 Å². The van der Waals surface area contributed by atoms with Gasteiger partial charge in [-0.15, -0.1) is 0 Å². The van der Waals surface area contributed by atoms with Gasteiger partial charge in [0.1, 0.15) is 11.8 Å². The number of hydrogen-bond donors (Lipinski definition) is 1. The summed E-state index contributed by atoms with van der Waals surface area (Å²) in [7, 11) is 1.25. The zero-order valence-corrected chi connectivity index (χ0v) is 13.0. The molecule has 22 heavy (non-hydrogen) atoms. The van der Waals surface area contributed by atoms with Gasteiger partial charge in [0.25, 0.3) is 0 Å². The molecule has 0 saturated heterocycles. The molecular formula is C16H21NO5. The largest absolute Gasteiger partial charge is 0.494 e. The number of ketones is 1. The van der Waals surface area contributed by atoms with E-state index in [0.717, 1.165) is 0 Å². The summed E-state index contributed by atoms with van der Waals surface area (Å²) in [4.78, 5) is 34.8. The Morgan fingerprint density at radius 2 is 1.77 bits per heavy atom. The van der Waals surface area contributed by atoms with Gasteiger partial charge in [0.15, 0.2) is 5.78 Å². The number of carbonyl (C=O) groups excluding carboxylic acids is 3. The first-order chi connectivity index (χ1) is 10.5. The van der Waals surface area contributed by atoms with Crippen LogP contribution in [0.15, 0.2) is 24.3 Å². The Bertz CT molecular complexity index is 524. The number of hydrogen-bond acceptors (Lipinski definition) is 5. The van der Waals surface area contributed by atoms with Crippen molar-refractivity contribution < 1.29 is 23.9 Å². The van der Waals surface area contributed by atoms with Gasteiger partial charge in [-0.1, -0.05) is 0 Å². The molecule has 1 atom stereocenters. The molecule has 0 spiro atoms. The number of methoxy groups -OCH3 is 1. The monoisotopic (exact) mass is 307 g/mol. The smallest absolute Gasteiger partial charge is 0.328 e. The topological polar surface area (TPSA) is 81.7 Å². The summed E-state index contributed by atoms with van der Waals surface area (Å²) in [6, 6.07) is 6.05. The number of ether oxygens (including phenoxy) is 2. The molecule has 0 aliphatic heterocycles. The van der Waals surface area contributed by atoms with Gasteiger partial charge >= 0.3 is 5.97 Å². The van der Waals surface area contributed by atoms with Crippen LogP contribution in [0.2, 0.25) is 0 Å². The summed E-state index contributed by atoms with van der Waals surface area (Å²) in [5.41, 5.74) is 0.525. The van der Waals surface area contributed by atoms with Crippen LogP contribution in [0.4, 0.5) is 0 Å². The lowest BCUT2D eigenvalue weighted by atomic mass is 10.1. The Kier molecular flexibility index (Phi) is 7.08. The standard InChI is InChI=1S/C16H21NO5/c1-4-22-13-7-5-12(6-8-13)14(18)9-10-15(19)17-11(2)16(20)21-3/h5-8,11H,4,9-10H2,1-3H3,(H,17,19)/t11-/m1/s1. The predicted molar refractivity (Wildman–Crippen MR) is 80.8 cm³/mol. The van der Waals surface area contributed by atoms with E-state index in [1.807, 2.05) is 6.92 Å². The zero-order valence-electron chi connectivity index (χ0n) is 13.0. The molecule has 1 aromatic carbocycles. The third-order valence-electron chi connectivity index (χ3n) is 3.00. The highest BCUT2D eigenvalue weighted by atomic mass is 16.5. The fraction of sp³-hybridized carbons (Fsp3) is 0.438. The Morgan fingerprint density at radius 3 is 2.32 bits per heavy atom. The molecule has 120 valence electrons. The van der Waals surface area contributed by atoms with Gasteiger partial charge < -0.3 is 14.8 Å². The van der Waals surface area contributed by atoms with Crippen molar-refractivity contribution in [2.75, 3.05) is 13.7 Å². The molecule has 0 bridgehead atoms. The first-order valence-corrected chi connectivity index (χ1v) is 7.11. The van der Waals surface area contributed by atoms with E-state index in [2.05, 4.69) is 10.1 Å². The number of Topliss-reactive ketones (excluding diaryl/α,β-unsaturated/α-hetero) is 1. The van der Waals surface area contributed by atoms with Gasteiger partial charge in [0, 0.05) is 18.4 Å². The molecule has 0 saturated carbocycles. The van der Waals surface area contributed by atoms with Gasteiger partial charge in [-0.3, -0.25) is 9.59 Å². The number of rotatable bonds is 8. The lowest BCUT2D eigenvalue weighted by molar-refractivity contribution is -0.144. The van der Waals surface area contributed by atoms with Gasteiger partial charge in [0.2, 0.25) is 5.91 Å². The van der Waals surface area contributed by atoms with Gasteiger partial charge in [-0.05, 0) is 38.1 Å². The Labute approximate surface area is 129 Å². The number of amides is 1. The SMILES string of the molecule is CCOc1ccc(C(=O)CCC(=O)N[C@H](C)C(=O)OC)cc1. The fourth-order valence-electron chi connectivity index (χ4n) is 1.82. The van der Waals surface area contributed by atoms with Crippen molar-refractivity contribution in [2.45, 2.75) is 32.7 Å². The average Bonchev–Trinajstić information content (AvgIpc) is 2.52.